The Morgan fingerprint density at radius 2 is 0.797 bits per heavy atom. The van der Waals surface area contributed by atoms with Crippen LogP contribution >= 0.6 is 0 Å². The summed E-state index contributed by atoms with van der Waals surface area (Å²) >= 11 is 0. The van der Waals surface area contributed by atoms with Crippen LogP contribution in [0.4, 0.5) is 14.4 Å². The van der Waals surface area contributed by atoms with Crippen molar-refractivity contribution in [3.05, 3.63) is 56.8 Å². The number of carbonyl (C=O) groups is 5. The van der Waals surface area contributed by atoms with Crippen molar-refractivity contribution < 1.29 is 47.7 Å². The predicted molar refractivity (Wildman–Crippen MR) is 235 cm³/mol. The molecule has 358 valence electrons. The topological polar surface area (TPSA) is 234 Å². The summed E-state index contributed by atoms with van der Waals surface area (Å²) < 4.78 is 28.2. The molecular formula is C45H70N6O13. The Kier molecular flexibility index (Phi) is 15.9. The summed E-state index contributed by atoms with van der Waals surface area (Å²) in [6, 6.07) is -2.05. The van der Waals surface area contributed by atoms with Gasteiger partial charge in [0, 0.05) is 49.9 Å². The van der Waals surface area contributed by atoms with Gasteiger partial charge in [-0.25, -0.2) is 52.1 Å². The number of aromatic nitrogens is 3. The van der Waals surface area contributed by atoms with E-state index in [1.165, 1.54) is 20.8 Å². The molecule has 0 radical (unpaired) electrons. The standard InChI is InChI=1S/C45H70N6O13/c1-13-32(52)61-27-63-35(55)47-25-44(10)19-30(16-41(5,6)22-44)50-37(57)49(29-15-40(3,4)21-43(9,18-29)24-46-34(54)60-12)38(58)51(39(50)59)31-17-42(7,8)23-45(11,20-31)26-48-36(56)64-28-62-33(53)14-2/h13-14,29-31H,1-2,15-28H2,3-12H3,(H,46,54)(H,47,55)(H,48,56). The predicted octanol–water partition coefficient (Wildman–Crippen LogP) is 5.63. The van der Waals surface area contributed by atoms with Crippen molar-refractivity contribution in [1.82, 2.24) is 29.7 Å². The number of amides is 3. The van der Waals surface area contributed by atoms with Crippen LogP contribution in [0.3, 0.4) is 0 Å². The van der Waals surface area contributed by atoms with E-state index in [2.05, 4.69) is 43.0 Å². The zero-order valence-corrected chi connectivity index (χ0v) is 39.3. The molecule has 19 nitrogen and oxygen atoms in total. The Balaban J connectivity index is 1.83. The number of ether oxygens (including phenoxy) is 5. The third-order valence-corrected chi connectivity index (χ3v) is 12.9. The van der Waals surface area contributed by atoms with E-state index in [0.29, 0.717) is 44.9 Å². The average Bonchev–Trinajstić information content (AvgIpc) is 3.16. The minimum absolute atomic E-state index is 0.105. The highest BCUT2D eigenvalue weighted by molar-refractivity contribution is 5.81. The number of esters is 2. The molecule has 3 fully saturated rings. The van der Waals surface area contributed by atoms with Crippen molar-refractivity contribution in [2.24, 2.45) is 32.5 Å². The molecule has 1 aromatic rings. The summed E-state index contributed by atoms with van der Waals surface area (Å²) in [5, 5.41) is 8.31. The number of carbonyl (C=O) groups excluding carboxylic acids is 5. The fraction of sp³-hybridized carbons (Fsp3) is 0.733. The first kappa shape index (κ1) is 51.3. The highest BCUT2D eigenvalue weighted by Crippen LogP contribution is 2.52. The first-order valence-corrected chi connectivity index (χ1v) is 21.8. The second-order valence-electron chi connectivity index (χ2n) is 21.6. The van der Waals surface area contributed by atoms with E-state index in [4.69, 9.17) is 23.7 Å². The monoisotopic (exact) mass is 903 g/mol. The molecule has 19 heteroatoms. The van der Waals surface area contributed by atoms with Crippen molar-refractivity contribution in [1.29, 1.82) is 0 Å². The SMILES string of the molecule is C=CC(=O)OCOC(=O)NCC1(C)CC(n2c(=O)n(C3CC(C)(C)CC(C)(CNC(=O)OC)C3)c(=O)n(C3CC(C)(C)CC(C)(CNC(=O)OCOC(=O)C=C)C3)c2=O)CC(C)(C)C1. The number of rotatable bonds is 15. The molecule has 1 aromatic heterocycles. The molecule has 0 saturated heterocycles. The van der Waals surface area contributed by atoms with E-state index >= 15 is 14.4 Å². The second kappa shape index (κ2) is 19.8. The van der Waals surface area contributed by atoms with Gasteiger partial charge in [0.1, 0.15) is 0 Å². The van der Waals surface area contributed by atoms with Crippen molar-refractivity contribution in [2.75, 3.05) is 40.3 Å². The summed E-state index contributed by atoms with van der Waals surface area (Å²) in [6.45, 7) is 24.0. The van der Waals surface area contributed by atoms with Crippen molar-refractivity contribution >= 4 is 30.2 Å². The van der Waals surface area contributed by atoms with Crippen LogP contribution in [0, 0.1) is 32.5 Å². The Hall–Kier alpha value is -5.36. The number of hydrogen-bond acceptors (Lipinski definition) is 13. The molecular weight excluding hydrogens is 833 g/mol. The van der Waals surface area contributed by atoms with Crippen molar-refractivity contribution in [3.63, 3.8) is 0 Å². The number of nitrogens with one attached hydrogen (secondary N) is 3. The molecule has 3 amide bonds. The van der Waals surface area contributed by atoms with E-state index in [1.54, 1.807) is 0 Å². The van der Waals surface area contributed by atoms with Gasteiger partial charge in [-0.3, -0.25) is 0 Å². The third-order valence-electron chi connectivity index (χ3n) is 12.9. The number of methoxy groups -OCH3 is 1. The van der Waals surface area contributed by atoms with Gasteiger partial charge >= 0.3 is 47.3 Å². The van der Waals surface area contributed by atoms with Gasteiger partial charge < -0.3 is 39.6 Å². The highest BCUT2D eigenvalue weighted by Gasteiger charge is 2.48. The molecule has 4 rings (SSSR count). The Bertz CT molecular complexity index is 2020. The lowest BCUT2D eigenvalue weighted by Crippen LogP contribution is -2.61. The van der Waals surface area contributed by atoms with E-state index < -0.39 is 111 Å². The van der Waals surface area contributed by atoms with Gasteiger partial charge in [0.15, 0.2) is 0 Å². The smallest absolute Gasteiger partial charge is 0.410 e. The maximum absolute atomic E-state index is 15.3. The Morgan fingerprint density at radius 3 is 1.06 bits per heavy atom. The Morgan fingerprint density at radius 1 is 0.516 bits per heavy atom. The lowest BCUT2D eigenvalue weighted by Gasteiger charge is -2.49. The zero-order chi connectivity index (χ0) is 48.1. The summed E-state index contributed by atoms with van der Waals surface area (Å²) in [6.07, 6.45) is 3.72. The molecule has 6 unspecified atom stereocenters. The lowest BCUT2D eigenvalue weighted by molar-refractivity contribution is -0.146. The quantitative estimate of drug-likeness (QED) is 0.0840. The van der Waals surface area contributed by atoms with Gasteiger partial charge in [0.25, 0.3) is 0 Å². The minimum Gasteiger partial charge on any atom is -0.453 e. The molecule has 3 saturated carbocycles. The average molecular weight is 903 g/mol. The van der Waals surface area contributed by atoms with Crippen LogP contribution in [0.2, 0.25) is 0 Å². The van der Waals surface area contributed by atoms with Gasteiger partial charge in [-0.15, -0.1) is 0 Å². The van der Waals surface area contributed by atoms with Gasteiger partial charge in [-0.05, 0) is 90.3 Å². The third kappa shape index (κ3) is 13.3. The molecule has 3 aliphatic rings. The Labute approximate surface area is 374 Å². The van der Waals surface area contributed by atoms with Crippen LogP contribution in [0.1, 0.15) is 138 Å². The van der Waals surface area contributed by atoms with E-state index in [0.717, 1.165) is 12.2 Å². The zero-order valence-electron chi connectivity index (χ0n) is 39.3. The summed E-state index contributed by atoms with van der Waals surface area (Å²) in [4.78, 5) is 106. The van der Waals surface area contributed by atoms with E-state index in [1.807, 2.05) is 48.5 Å². The molecule has 0 bridgehead atoms. The molecule has 3 N–H and O–H groups in total. The van der Waals surface area contributed by atoms with Crippen LogP contribution in [-0.2, 0) is 33.3 Å². The molecule has 0 aromatic carbocycles. The second-order valence-corrected chi connectivity index (χ2v) is 21.6. The summed E-state index contributed by atoms with van der Waals surface area (Å²) in [5.74, 6) is -1.51. The van der Waals surface area contributed by atoms with Crippen molar-refractivity contribution in [3.8, 4) is 0 Å². The maximum Gasteiger partial charge on any atom is 0.410 e. The van der Waals surface area contributed by atoms with Crippen LogP contribution in [0.15, 0.2) is 39.7 Å². The largest absolute Gasteiger partial charge is 0.453 e. The van der Waals surface area contributed by atoms with Crippen LogP contribution in [0.25, 0.3) is 0 Å². The summed E-state index contributed by atoms with van der Waals surface area (Å²) in [7, 11) is 1.28. The number of nitrogens with zero attached hydrogens (tertiary/aromatic N) is 3. The number of hydrogen-bond donors (Lipinski definition) is 3. The van der Waals surface area contributed by atoms with Gasteiger partial charge in [-0.2, -0.15) is 0 Å². The van der Waals surface area contributed by atoms with E-state index in [9.17, 15) is 24.0 Å². The highest BCUT2D eigenvalue weighted by atomic mass is 16.7. The summed E-state index contributed by atoms with van der Waals surface area (Å²) in [5.41, 5.74) is -5.36. The van der Waals surface area contributed by atoms with Gasteiger partial charge in [0.05, 0.1) is 7.11 Å². The fourth-order valence-corrected chi connectivity index (χ4v) is 11.6. The van der Waals surface area contributed by atoms with Crippen LogP contribution in [0.5, 0.6) is 0 Å². The molecule has 6 atom stereocenters. The maximum atomic E-state index is 15.3. The van der Waals surface area contributed by atoms with Crippen LogP contribution < -0.4 is 33.0 Å². The molecule has 1 heterocycles. The van der Waals surface area contributed by atoms with Crippen molar-refractivity contribution in [2.45, 2.75) is 138 Å². The van der Waals surface area contributed by atoms with Crippen LogP contribution in [-0.4, -0.2) is 84.2 Å². The number of alkyl carbamates (subject to hydrolysis) is 3. The lowest BCUT2D eigenvalue weighted by atomic mass is 9.62. The first-order chi connectivity index (χ1) is 29.6. The fourth-order valence-electron chi connectivity index (χ4n) is 11.6. The molecule has 0 aliphatic heterocycles. The molecule has 0 spiro atoms. The molecule has 3 aliphatic carbocycles. The van der Waals surface area contributed by atoms with Gasteiger partial charge in [-0.1, -0.05) is 75.5 Å². The first-order valence-electron chi connectivity index (χ1n) is 21.8. The normalized spacial score (nSPS) is 28.0. The molecule has 64 heavy (non-hydrogen) atoms. The van der Waals surface area contributed by atoms with E-state index in [-0.39, 0.29) is 32.5 Å². The van der Waals surface area contributed by atoms with Gasteiger partial charge in [0.2, 0.25) is 13.6 Å². The minimum atomic E-state index is -0.822.